The molecule has 9 heteroatoms. The molecule has 33 heavy (non-hydrogen) atoms. The number of amides is 1. The van der Waals surface area contributed by atoms with Crippen LogP contribution < -0.4 is 5.32 Å². The molecule has 3 aromatic rings. The van der Waals surface area contributed by atoms with Crippen molar-refractivity contribution >= 4 is 32.8 Å². The fourth-order valence-electron chi connectivity index (χ4n) is 3.51. The molecule has 0 bridgehead atoms. The monoisotopic (exact) mass is 469 g/mol. The van der Waals surface area contributed by atoms with Gasteiger partial charge >= 0.3 is 5.97 Å². The van der Waals surface area contributed by atoms with Crippen LogP contribution in [-0.4, -0.2) is 50.3 Å². The molecule has 1 amide bonds. The van der Waals surface area contributed by atoms with Gasteiger partial charge in [-0.25, -0.2) is 17.5 Å². The Hall–Kier alpha value is -3.30. The van der Waals surface area contributed by atoms with Crippen molar-refractivity contribution in [1.82, 2.24) is 14.6 Å². The summed E-state index contributed by atoms with van der Waals surface area (Å²) in [5.41, 5.74) is 3.05. The maximum atomic E-state index is 12.9. The number of benzene rings is 2. The van der Waals surface area contributed by atoms with Crippen molar-refractivity contribution in [3.05, 3.63) is 70.9 Å². The lowest BCUT2D eigenvalue weighted by atomic mass is 10.0. The predicted octanol–water partition coefficient (Wildman–Crippen LogP) is 2.83. The first-order valence-electron chi connectivity index (χ1n) is 10.5. The number of carbonyl (C=O) groups excluding carboxylic acids is 2. The number of ether oxygens (including phenoxy) is 1. The van der Waals surface area contributed by atoms with Gasteiger partial charge in [-0.3, -0.25) is 9.78 Å². The standard InChI is InChI=1S/C24H27N3O5S/c1-5-19-16(2)23(18-11-7-8-12-20(18)26-19)24(29)32-15-22(28)25-14-17-10-6-9-13-21(17)33(30,31)27(3)4/h6-13H,5,14-15H2,1-4H3,(H,25,28). The fraction of sp³-hybridized carbons (Fsp3) is 0.292. The van der Waals surface area contributed by atoms with E-state index in [4.69, 9.17) is 4.74 Å². The number of pyridine rings is 1. The second-order valence-electron chi connectivity index (χ2n) is 7.68. The predicted molar refractivity (Wildman–Crippen MR) is 125 cm³/mol. The number of aromatic nitrogens is 1. The first-order valence-corrected chi connectivity index (χ1v) is 11.9. The van der Waals surface area contributed by atoms with Crippen molar-refractivity contribution in [1.29, 1.82) is 0 Å². The van der Waals surface area contributed by atoms with Gasteiger partial charge in [0.15, 0.2) is 6.61 Å². The Balaban J connectivity index is 1.71. The number of hydrogen-bond acceptors (Lipinski definition) is 6. The molecule has 0 radical (unpaired) electrons. The molecular formula is C24H27N3O5S. The fourth-order valence-corrected chi connectivity index (χ4v) is 4.63. The van der Waals surface area contributed by atoms with Gasteiger partial charge in [0.25, 0.3) is 5.91 Å². The number of sulfonamides is 1. The zero-order chi connectivity index (χ0) is 24.2. The minimum atomic E-state index is -3.66. The van der Waals surface area contributed by atoms with Crippen LogP contribution in [0.2, 0.25) is 0 Å². The third kappa shape index (κ3) is 5.20. The minimum Gasteiger partial charge on any atom is -0.452 e. The van der Waals surface area contributed by atoms with Crippen molar-refractivity contribution in [2.45, 2.75) is 31.7 Å². The number of hydrogen-bond donors (Lipinski definition) is 1. The second-order valence-corrected chi connectivity index (χ2v) is 9.80. The Morgan fingerprint density at radius 1 is 1.06 bits per heavy atom. The third-order valence-electron chi connectivity index (χ3n) is 5.32. The van der Waals surface area contributed by atoms with Gasteiger partial charge < -0.3 is 10.1 Å². The molecule has 174 valence electrons. The van der Waals surface area contributed by atoms with Gasteiger partial charge in [-0.2, -0.15) is 0 Å². The Morgan fingerprint density at radius 2 is 1.73 bits per heavy atom. The van der Waals surface area contributed by atoms with E-state index in [1.165, 1.54) is 20.2 Å². The van der Waals surface area contributed by atoms with Crippen molar-refractivity contribution in [3.8, 4) is 0 Å². The van der Waals surface area contributed by atoms with Gasteiger partial charge in [0.2, 0.25) is 10.0 Å². The van der Waals surface area contributed by atoms with E-state index in [0.29, 0.717) is 28.5 Å². The molecule has 2 aromatic carbocycles. The van der Waals surface area contributed by atoms with Gasteiger partial charge in [0.1, 0.15) is 0 Å². The topological polar surface area (TPSA) is 106 Å². The van der Waals surface area contributed by atoms with E-state index in [2.05, 4.69) is 10.3 Å². The van der Waals surface area contributed by atoms with E-state index in [-0.39, 0.29) is 11.4 Å². The SMILES string of the molecule is CCc1nc2ccccc2c(C(=O)OCC(=O)NCc2ccccc2S(=O)(=O)N(C)C)c1C. The molecule has 1 N–H and O–H groups in total. The van der Waals surface area contributed by atoms with E-state index in [1.54, 1.807) is 24.3 Å². The average Bonchev–Trinajstić information content (AvgIpc) is 2.80. The quantitative estimate of drug-likeness (QED) is 0.509. The number of aryl methyl sites for hydroxylation is 1. The highest BCUT2D eigenvalue weighted by atomic mass is 32.2. The van der Waals surface area contributed by atoms with Gasteiger partial charge in [-0.15, -0.1) is 0 Å². The second kappa shape index (κ2) is 10.1. The lowest BCUT2D eigenvalue weighted by molar-refractivity contribution is -0.124. The molecular weight excluding hydrogens is 442 g/mol. The number of esters is 1. The van der Waals surface area contributed by atoms with Crippen LogP contribution >= 0.6 is 0 Å². The molecule has 1 aromatic heterocycles. The summed E-state index contributed by atoms with van der Waals surface area (Å²) in [4.78, 5) is 29.9. The van der Waals surface area contributed by atoms with Crippen LogP contribution in [0.4, 0.5) is 0 Å². The first kappa shape index (κ1) is 24.3. The average molecular weight is 470 g/mol. The Bertz CT molecular complexity index is 1300. The van der Waals surface area contributed by atoms with Gasteiger partial charge in [0.05, 0.1) is 16.0 Å². The molecule has 0 saturated heterocycles. The molecule has 0 aliphatic carbocycles. The Labute approximate surface area is 193 Å². The van der Waals surface area contributed by atoms with Crippen molar-refractivity contribution in [2.24, 2.45) is 0 Å². The van der Waals surface area contributed by atoms with Crippen LogP contribution in [0.15, 0.2) is 53.4 Å². The van der Waals surface area contributed by atoms with E-state index in [0.717, 1.165) is 15.6 Å². The maximum absolute atomic E-state index is 12.9. The number of carbonyl (C=O) groups is 2. The molecule has 3 rings (SSSR count). The van der Waals surface area contributed by atoms with E-state index in [9.17, 15) is 18.0 Å². The number of rotatable bonds is 8. The Morgan fingerprint density at radius 3 is 2.42 bits per heavy atom. The lowest BCUT2D eigenvalue weighted by Gasteiger charge is -2.16. The summed E-state index contributed by atoms with van der Waals surface area (Å²) in [7, 11) is -0.772. The lowest BCUT2D eigenvalue weighted by Crippen LogP contribution is -2.30. The van der Waals surface area contributed by atoms with Crippen LogP contribution in [0.25, 0.3) is 10.9 Å². The molecule has 0 aliphatic heterocycles. The largest absolute Gasteiger partial charge is 0.452 e. The summed E-state index contributed by atoms with van der Waals surface area (Å²) in [5, 5.41) is 3.29. The van der Waals surface area contributed by atoms with Crippen LogP contribution in [-0.2, 0) is 32.5 Å². The number of nitrogens with one attached hydrogen (secondary N) is 1. The van der Waals surface area contributed by atoms with Crippen LogP contribution in [0.1, 0.15) is 34.1 Å². The van der Waals surface area contributed by atoms with Crippen molar-refractivity contribution in [2.75, 3.05) is 20.7 Å². The Kier molecular flexibility index (Phi) is 7.45. The van der Waals surface area contributed by atoms with Gasteiger partial charge in [0, 0.05) is 31.7 Å². The van der Waals surface area contributed by atoms with E-state index < -0.39 is 28.5 Å². The summed E-state index contributed by atoms with van der Waals surface area (Å²) in [6.45, 7) is 3.27. The number of fused-ring (bicyclic) bond motifs is 1. The summed E-state index contributed by atoms with van der Waals surface area (Å²) >= 11 is 0. The molecule has 0 aliphatic rings. The minimum absolute atomic E-state index is 0.0170. The van der Waals surface area contributed by atoms with E-state index >= 15 is 0 Å². The highest BCUT2D eigenvalue weighted by molar-refractivity contribution is 7.89. The first-order chi connectivity index (χ1) is 15.7. The number of para-hydroxylation sites is 1. The normalized spacial score (nSPS) is 11.5. The van der Waals surface area contributed by atoms with Crippen LogP contribution in [0, 0.1) is 6.92 Å². The molecule has 1 heterocycles. The summed E-state index contributed by atoms with van der Waals surface area (Å²) in [5.74, 6) is -1.14. The molecule has 0 saturated carbocycles. The molecule has 8 nitrogen and oxygen atoms in total. The zero-order valence-corrected chi connectivity index (χ0v) is 19.9. The molecule has 0 atom stereocenters. The highest BCUT2D eigenvalue weighted by Crippen LogP contribution is 2.24. The maximum Gasteiger partial charge on any atom is 0.339 e. The van der Waals surface area contributed by atoms with Crippen LogP contribution in [0.3, 0.4) is 0 Å². The summed E-state index contributed by atoms with van der Waals surface area (Å²) < 4.78 is 31.4. The van der Waals surface area contributed by atoms with Crippen LogP contribution in [0.5, 0.6) is 0 Å². The molecule has 0 fully saturated rings. The summed E-state index contributed by atoms with van der Waals surface area (Å²) in [6, 6.07) is 13.7. The smallest absolute Gasteiger partial charge is 0.339 e. The van der Waals surface area contributed by atoms with Crippen molar-refractivity contribution in [3.63, 3.8) is 0 Å². The molecule has 0 spiro atoms. The summed E-state index contributed by atoms with van der Waals surface area (Å²) in [6.07, 6.45) is 0.659. The highest BCUT2D eigenvalue weighted by Gasteiger charge is 2.22. The third-order valence-corrected chi connectivity index (χ3v) is 7.23. The number of nitrogens with zero attached hydrogens (tertiary/aromatic N) is 2. The van der Waals surface area contributed by atoms with Crippen molar-refractivity contribution < 1.29 is 22.7 Å². The zero-order valence-electron chi connectivity index (χ0n) is 19.1. The molecule has 0 unspecified atom stereocenters. The van der Waals surface area contributed by atoms with Gasteiger partial charge in [-0.05, 0) is 36.6 Å². The van der Waals surface area contributed by atoms with E-state index in [1.807, 2.05) is 32.0 Å². The van der Waals surface area contributed by atoms with Gasteiger partial charge in [-0.1, -0.05) is 43.3 Å².